The Morgan fingerprint density at radius 2 is 2.17 bits per heavy atom. The van der Waals surface area contributed by atoms with E-state index < -0.39 is 15.6 Å². The number of sulfonamides is 1. The first-order valence-electron chi connectivity index (χ1n) is 5.22. The fraction of sp³-hybridized carbons (Fsp3) is 0.625. The third kappa shape index (κ3) is 2.83. The molecule has 0 aliphatic heterocycles. The zero-order valence-corrected chi connectivity index (χ0v) is 11.3. The maximum Gasteiger partial charge on any atom is 0.270 e. The Morgan fingerprint density at radius 3 is 2.67 bits per heavy atom. The van der Waals surface area contributed by atoms with Crippen LogP contribution in [0.15, 0.2) is 4.34 Å². The Balaban J connectivity index is 2.15. The lowest BCUT2D eigenvalue weighted by atomic mass is 10.3. The molecule has 8 nitrogen and oxygen atoms in total. The van der Waals surface area contributed by atoms with Crippen molar-refractivity contribution in [1.29, 1.82) is 0 Å². The minimum Gasteiger partial charge on any atom is -0.329 e. The second-order valence-corrected chi connectivity index (χ2v) is 6.98. The predicted octanol–water partition coefficient (Wildman–Crippen LogP) is -0.734. The molecule has 4 N–H and O–H groups in total. The molecule has 0 unspecified atom stereocenters. The van der Waals surface area contributed by atoms with Crippen LogP contribution < -0.4 is 15.8 Å². The van der Waals surface area contributed by atoms with E-state index in [9.17, 15) is 13.2 Å². The highest BCUT2D eigenvalue weighted by atomic mass is 32.2. The highest BCUT2D eigenvalue weighted by molar-refractivity contribution is 7.91. The number of rotatable bonds is 5. The number of nitrogens with one attached hydrogen (secondary N) is 2. The monoisotopic (exact) mass is 291 g/mol. The Bertz CT molecular complexity index is 563. The van der Waals surface area contributed by atoms with Gasteiger partial charge in [-0.2, -0.15) is 0 Å². The van der Waals surface area contributed by atoms with Gasteiger partial charge < -0.3 is 11.1 Å². The van der Waals surface area contributed by atoms with Gasteiger partial charge in [-0.15, -0.1) is 10.2 Å². The molecule has 1 amide bonds. The van der Waals surface area contributed by atoms with Gasteiger partial charge in [0.1, 0.15) is 0 Å². The van der Waals surface area contributed by atoms with E-state index in [1.54, 1.807) is 0 Å². The number of anilines is 1. The van der Waals surface area contributed by atoms with Crippen LogP contribution in [0.2, 0.25) is 0 Å². The van der Waals surface area contributed by atoms with Gasteiger partial charge >= 0.3 is 0 Å². The van der Waals surface area contributed by atoms with Gasteiger partial charge in [0.05, 0.1) is 0 Å². The van der Waals surface area contributed by atoms with Crippen molar-refractivity contribution in [2.45, 2.75) is 29.6 Å². The van der Waals surface area contributed by atoms with E-state index in [1.807, 2.05) is 0 Å². The lowest BCUT2D eigenvalue weighted by Gasteiger charge is -2.12. The molecule has 0 radical (unpaired) electrons. The molecular weight excluding hydrogens is 278 g/mol. The Hall–Kier alpha value is -1.10. The Morgan fingerprint density at radius 1 is 1.50 bits per heavy atom. The van der Waals surface area contributed by atoms with Gasteiger partial charge in [-0.05, 0) is 12.8 Å². The minimum atomic E-state index is -3.72. The summed E-state index contributed by atoms with van der Waals surface area (Å²) >= 11 is 0.802. The van der Waals surface area contributed by atoms with Gasteiger partial charge in [0.15, 0.2) is 0 Å². The summed E-state index contributed by atoms with van der Waals surface area (Å²) in [5.41, 5.74) is 4.98. The fourth-order valence-electron chi connectivity index (χ4n) is 1.35. The van der Waals surface area contributed by atoms with Crippen LogP contribution in [0.1, 0.15) is 19.8 Å². The van der Waals surface area contributed by atoms with Crippen LogP contribution in [-0.4, -0.2) is 36.6 Å². The number of aromatic nitrogens is 2. The lowest BCUT2D eigenvalue weighted by Crippen LogP contribution is -2.42. The van der Waals surface area contributed by atoms with Crippen molar-refractivity contribution in [2.24, 2.45) is 5.73 Å². The zero-order valence-electron chi connectivity index (χ0n) is 9.63. The lowest BCUT2D eigenvalue weighted by molar-refractivity contribution is -0.114. The third-order valence-corrected chi connectivity index (χ3v) is 5.30. The molecule has 10 heteroatoms. The SMILES string of the molecule is CC(=O)Nc1nnc(S(=O)(=O)NC2(CN)CC2)s1. The van der Waals surface area contributed by atoms with Crippen LogP contribution in [0.3, 0.4) is 0 Å². The number of amides is 1. The molecule has 0 saturated heterocycles. The van der Waals surface area contributed by atoms with Gasteiger partial charge in [-0.25, -0.2) is 13.1 Å². The molecule has 0 atom stereocenters. The first-order valence-corrected chi connectivity index (χ1v) is 7.52. The molecule has 0 bridgehead atoms. The van der Waals surface area contributed by atoms with Crippen LogP contribution in [0.25, 0.3) is 0 Å². The molecule has 1 heterocycles. The normalized spacial score (nSPS) is 17.4. The molecule has 1 aliphatic rings. The summed E-state index contributed by atoms with van der Waals surface area (Å²) in [5, 5.41) is 9.67. The number of carbonyl (C=O) groups excluding carboxylic acids is 1. The second-order valence-electron chi connectivity index (χ2n) is 4.14. The topological polar surface area (TPSA) is 127 Å². The van der Waals surface area contributed by atoms with Crippen LogP contribution in [0.5, 0.6) is 0 Å². The van der Waals surface area contributed by atoms with E-state index in [2.05, 4.69) is 20.2 Å². The Kier molecular flexibility index (Phi) is 3.36. The third-order valence-electron chi connectivity index (χ3n) is 2.51. The quantitative estimate of drug-likeness (QED) is 0.613. The van der Waals surface area contributed by atoms with Crippen molar-refractivity contribution >= 4 is 32.4 Å². The number of nitrogens with zero attached hydrogens (tertiary/aromatic N) is 2. The molecule has 1 aromatic heterocycles. The van der Waals surface area contributed by atoms with Gasteiger partial charge in [0, 0.05) is 19.0 Å². The molecule has 1 saturated carbocycles. The molecule has 1 aliphatic carbocycles. The molecule has 100 valence electrons. The van der Waals surface area contributed by atoms with Gasteiger partial charge in [-0.3, -0.25) is 4.79 Å². The Labute approximate surface area is 108 Å². The highest BCUT2D eigenvalue weighted by Gasteiger charge is 2.45. The first kappa shape index (κ1) is 13.3. The number of hydrogen-bond donors (Lipinski definition) is 3. The highest BCUT2D eigenvalue weighted by Crippen LogP contribution is 2.36. The molecule has 0 spiro atoms. The average Bonchev–Trinajstić information content (AvgIpc) is 2.85. The van der Waals surface area contributed by atoms with E-state index >= 15 is 0 Å². The molecule has 18 heavy (non-hydrogen) atoms. The molecule has 1 aromatic rings. The van der Waals surface area contributed by atoms with E-state index in [0.717, 1.165) is 24.2 Å². The van der Waals surface area contributed by atoms with Gasteiger partial charge in [0.2, 0.25) is 15.4 Å². The smallest absolute Gasteiger partial charge is 0.270 e. The average molecular weight is 291 g/mol. The summed E-state index contributed by atoms with van der Waals surface area (Å²) in [6.07, 6.45) is 1.44. The van der Waals surface area contributed by atoms with Crippen LogP contribution in [-0.2, 0) is 14.8 Å². The van der Waals surface area contributed by atoms with Gasteiger partial charge in [0.25, 0.3) is 10.0 Å². The standard InChI is InChI=1S/C8H13N5O3S2/c1-5(14)10-6-11-12-7(17-6)18(15,16)13-8(4-9)2-3-8/h13H,2-4,9H2,1H3,(H,10,11,14). The first-order chi connectivity index (χ1) is 8.37. The summed E-state index contributed by atoms with van der Waals surface area (Å²) in [7, 11) is -3.72. The summed E-state index contributed by atoms with van der Waals surface area (Å²) in [5.74, 6) is -0.330. The van der Waals surface area contributed by atoms with Crippen LogP contribution in [0.4, 0.5) is 5.13 Å². The molecule has 2 rings (SSSR count). The van der Waals surface area contributed by atoms with E-state index in [0.29, 0.717) is 0 Å². The fourth-order valence-corrected chi connectivity index (χ4v) is 3.76. The molecular formula is C8H13N5O3S2. The molecule has 0 aromatic carbocycles. The summed E-state index contributed by atoms with van der Waals surface area (Å²) in [4.78, 5) is 10.8. The van der Waals surface area contributed by atoms with Crippen molar-refractivity contribution in [2.75, 3.05) is 11.9 Å². The largest absolute Gasteiger partial charge is 0.329 e. The maximum atomic E-state index is 12.0. The summed E-state index contributed by atoms with van der Waals surface area (Å²) in [6, 6.07) is 0. The minimum absolute atomic E-state index is 0.153. The van der Waals surface area contributed by atoms with Crippen molar-refractivity contribution in [3.05, 3.63) is 0 Å². The number of hydrogen-bond acceptors (Lipinski definition) is 7. The maximum absolute atomic E-state index is 12.0. The molecule has 1 fully saturated rings. The van der Waals surface area contributed by atoms with Crippen LogP contribution in [0, 0.1) is 0 Å². The van der Waals surface area contributed by atoms with Crippen LogP contribution >= 0.6 is 11.3 Å². The van der Waals surface area contributed by atoms with Gasteiger partial charge in [-0.1, -0.05) is 11.3 Å². The van der Waals surface area contributed by atoms with E-state index in [-0.39, 0.29) is 21.9 Å². The predicted molar refractivity (Wildman–Crippen MR) is 65.6 cm³/mol. The zero-order chi connectivity index (χ0) is 13.4. The van der Waals surface area contributed by atoms with Crippen molar-refractivity contribution in [3.63, 3.8) is 0 Å². The number of nitrogens with two attached hydrogens (primary N) is 1. The van der Waals surface area contributed by atoms with E-state index in [4.69, 9.17) is 5.73 Å². The van der Waals surface area contributed by atoms with Crippen molar-refractivity contribution in [3.8, 4) is 0 Å². The summed E-state index contributed by atoms with van der Waals surface area (Å²) in [6.45, 7) is 1.56. The van der Waals surface area contributed by atoms with Crippen molar-refractivity contribution < 1.29 is 13.2 Å². The van der Waals surface area contributed by atoms with E-state index in [1.165, 1.54) is 6.92 Å². The van der Waals surface area contributed by atoms with Crippen molar-refractivity contribution in [1.82, 2.24) is 14.9 Å². The number of carbonyl (C=O) groups is 1. The second kappa shape index (κ2) is 4.53. The summed E-state index contributed by atoms with van der Waals surface area (Å²) < 4.78 is 26.3.